The summed E-state index contributed by atoms with van der Waals surface area (Å²) in [5, 5.41) is 1.92. The Morgan fingerprint density at radius 1 is 1.59 bits per heavy atom. The lowest BCUT2D eigenvalue weighted by Gasteiger charge is -2.16. The molecule has 0 radical (unpaired) electrons. The third-order valence-corrected chi connectivity index (χ3v) is 5.35. The van der Waals surface area contributed by atoms with Crippen LogP contribution >= 0.6 is 27.3 Å². The minimum absolute atomic E-state index is 0.311. The van der Waals surface area contributed by atoms with Crippen LogP contribution in [0, 0.1) is 0 Å². The molecule has 0 saturated carbocycles. The molecule has 0 amide bonds. The van der Waals surface area contributed by atoms with E-state index < -0.39 is 10.2 Å². The van der Waals surface area contributed by atoms with E-state index in [1.54, 1.807) is 7.05 Å². The molecule has 0 bridgehead atoms. The van der Waals surface area contributed by atoms with Crippen LogP contribution in [0.1, 0.15) is 11.3 Å². The van der Waals surface area contributed by atoms with E-state index in [-0.39, 0.29) is 0 Å². The van der Waals surface area contributed by atoms with Crippen molar-refractivity contribution in [3.05, 3.63) is 20.8 Å². The Morgan fingerprint density at radius 2 is 2.29 bits per heavy atom. The number of nitrogens with zero attached hydrogens (tertiary/aromatic N) is 1. The van der Waals surface area contributed by atoms with E-state index in [0.717, 1.165) is 9.35 Å². The van der Waals surface area contributed by atoms with Gasteiger partial charge in [0.05, 0.1) is 0 Å². The molecule has 8 heteroatoms. The zero-order valence-corrected chi connectivity index (χ0v) is 12.7. The number of thiophene rings is 1. The molecule has 0 aliphatic heterocycles. The number of nitrogens with two attached hydrogens (primary N) is 1. The SMILES string of the molecule is CN(CCCN)S(=O)(=O)NCc1cc(Br)cs1. The van der Waals surface area contributed by atoms with E-state index in [1.807, 2.05) is 11.4 Å². The Bertz CT molecular complexity index is 447. The van der Waals surface area contributed by atoms with Gasteiger partial charge in [-0.1, -0.05) is 0 Å². The molecular formula is C9H16BrN3O2S2. The second kappa shape index (κ2) is 6.81. The van der Waals surface area contributed by atoms with Gasteiger partial charge in [0.1, 0.15) is 0 Å². The molecule has 1 rings (SSSR count). The lowest BCUT2D eigenvalue weighted by molar-refractivity contribution is 0.453. The van der Waals surface area contributed by atoms with Gasteiger partial charge in [0.2, 0.25) is 0 Å². The highest BCUT2D eigenvalue weighted by molar-refractivity contribution is 9.10. The van der Waals surface area contributed by atoms with Crippen molar-refractivity contribution in [3.8, 4) is 0 Å². The molecule has 3 N–H and O–H groups in total. The Kier molecular flexibility index (Phi) is 6.04. The summed E-state index contributed by atoms with van der Waals surface area (Å²) in [5.74, 6) is 0. The maximum atomic E-state index is 11.8. The molecule has 0 aliphatic rings. The molecule has 1 aromatic heterocycles. The molecule has 0 aromatic carbocycles. The maximum Gasteiger partial charge on any atom is 0.279 e. The van der Waals surface area contributed by atoms with E-state index in [4.69, 9.17) is 5.73 Å². The predicted molar refractivity (Wildman–Crippen MR) is 74.1 cm³/mol. The lowest BCUT2D eigenvalue weighted by Crippen LogP contribution is -2.38. The van der Waals surface area contributed by atoms with Crippen molar-refractivity contribution in [1.29, 1.82) is 0 Å². The van der Waals surface area contributed by atoms with Crippen molar-refractivity contribution in [2.45, 2.75) is 13.0 Å². The van der Waals surface area contributed by atoms with Crippen molar-refractivity contribution in [3.63, 3.8) is 0 Å². The Balaban J connectivity index is 2.49. The average molecular weight is 342 g/mol. The quantitative estimate of drug-likeness (QED) is 0.780. The third kappa shape index (κ3) is 5.02. The van der Waals surface area contributed by atoms with Gasteiger partial charge in [-0.15, -0.1) is 11.3 Å². The number of nitrogens with one attached hydrogen (secondary N) is 1. The average Bonchev–Trinajstić information content (AvgIpc) is 2.69. The summed E-state index contributed by atoms with van der Waals surface area (Å²) in [6, 6.07) is 1.90. The zero-order valence-electron chi connectivity index (χ0n) is 9.52. The van der Waals surface area contributed by atoms with E-state index in [0.29, 0.717) is 26.1 Å². The highest BCUT2D eigenvalue weighted by Crippen LogP contribution is 2.19. The third-order valence-electron chi connectivity index (χ3n) is 2.14. The summed E-state index contributed by atoms with van der Waals surface area (Å²) in [6.07, 6.45) is 0.655. The first kappa shape index (κ1) is 15.1. The van der Waals surface area contributed by atoms with Gasteiger partial charge in [-0.05, 0) is 35.0 Å². The highest BCUT2D eigenvalue weighted by Gasteiger charge is 2.16. The number of rotatable bonds is 7. The molecule has 0 spiro atoms. The molecule has 5 nitrogen and oxygen atoms in total. The van der Waals surface area contributed by atoms with Crippen LogP contribution < -0.4 is 10.5 Å². The van der Waals surface area contributed by atoms with Gasteiger partial charge in [-0.3, -0.25) is 0 Å². The number of halogens is 1. The van der Waals surface area contributed by atoms with Gasteiger partial charge in [0, 0.05) is 34.9 Å². The summed E-state index contributed by atoms with van der Waals surface area (Å²) >= 11 is 4.83. The molecular weight excluding hydrogens is 326 g/mol. The summed E-state index contributed by atoms with van der Waals surface area (Å²) in [7, 11) is -1.86. The van der Waals surface area contributed by atoms with Crippen LogP contribution in [-0.2, 0) is 16.8 Å². The number of hydrogen-bond donors (Lipinski definition) is 2. The molecule has 1 heterocycles. The van der Waals surface area contributed by atoms with Gasteiger partial charge in [-0.25, -0.2) is 0 Å². The minimum Gasteiger partial charge on any atom is -0.330 e. The molecule has 1 aromatic rings. The minimum atomic E-state index is -3.40. The number of hydrogen-bond acceptors (Lipinski definition) is 4. The Hall–Kier alpha value is 0.01000. The second-order valence-electron chi connectivity index (χ2n) is 3.52. The van der Waals surface area contributed by atoms with Crippen LogP contribution in [-0.4, -0.2) is 32.9 Å². The molecule has 98 valence electrons. The first-order valence-corrected chi connectivity index (χ1v) is 8.21. The summed E-state index contributed by atoms with van der Waals surface area (Å²) in [5.41, 5.74) is 5.34. The highest BCUT2D eigenvalue weighted by atomic mass is 79.9. The molecule has 0 unspecified atom stereocenters. The van der Waals surface area contributed by atoms with Crippen molar-refractivity contribution < 1.29 is 8.42 Å². The van der Waals surface area contributed by atoms with E-state index in [2.05, 4.69) is 20.7 Å². The summed E-state index contributed by atoms with van der Waals surface area (Å²) < 4.78 is 28.4. The van der Waals surface area contributed by atoms with Crippen LogP contribution in [0.3, 0.4) is 0 Å². The standard InChI is InChI=1S/C9H16BrN3O2S2/c1-13(4-2-3-11)17(14,15)12-6-9-5-8(10)7-16-9/h5,7,12H,2-4,6,11H2,1H3. The van der Waals surface area contributed by atoms with Crippen molar-refractivity contribution in [2.75, 3.05) is 20.1 Å². The fourth-order valence-corrected chi connectivity index (χ4v) is 3.56. The van der Waals surface area contributed by atoms with Crippen LogP contribution in [0.5, 0.6) is 0 Å². The van der Waals surface area contributed by atoms with Gasteiger partial charge in [0.15, 0.2) is 0 Å². The fraction of sp³-hybridized carbons (Fsp3) is 0.556. The van der Waals surface area contributed by atoms with Crippen molar-refractivity contribution in [1.82, 2.24) is 9.03 Å². The van der Waals surface area contributed by atoms with Gasteiger partial charge in [0.25, 0.3) is 10.2 Å². The van der Waals surface area contributed by atoms with Gasteiger partial charge >= 0.3 is 0 Å². The largest absolute Gasteiger partial charge is 0.330 e. The van der Waals surface area contributed by atoms with Gasteiger partial charge < -0.3 is 5.73 Å². The van der Waals surface area contributed by atoms with Gasteiger partial charge in [-0.2, -0.15) is 17.4 Å². The Morgan fingerprint density at radius 3 is 2.82 bits per heavy atom. The summed E-state index contributed by atoms with van der Waals surface area (Å²) in [4.78, 5) is 0.965. The van der Waals surface area contributed by atoms with Crippen molar-refractivity contribution >= 4 is 37.5 Å². The maximum absolute atomic E-state index is 11.8. The zero-order chi connectivity index (χ0) is 12.9. The molecule has 0 aliphatic carbocycles. The molecule has 0 atom stereocenters. The smallest absolute Gasteiger partial charge is 0.279 e. The van der Waals surface area contributed by atoms with Crippen molar-refractivity contribution in [2.24, 2.45) is 5.73 Å². The fourth-order valence-electron chi connectivity index (χ4n) is 1.15. The first-order chi connectivity index (χ1) is 7.95. The van der Waals surface area contributed by atoms with Crippen LogP contribution in [0.4, 0.5) is 0 Å². The predicted octanol–water partition coefficient (Wildman–Crippen LogP) is 1.13. The van der Waals surface area contributed by atoms with Crippen LogP contribution in [0.25, 0.3) is 0 Å². The Labute approximate surface area is 114 Å². The molecule has 0 saturated heterocycles. The molecule has 0 fully saturated rings. The van der Waals surface area contributed by atoms with E-state index >= 15 is 0 Å². The first-order valence-electron chi connectivity index (χ1n) is 5.09. The van der Waals surface area contributed by atoms with Crippen LogP contribution in [0.2, 0.25) is 0 Å². The van der Waals surface area contributed by atoms with Crippen LogP contribution in [0.15, 0.2) is 15.9 Å². The second-order valence-corrected chi connectivity index (χ2v) is 7.29. The monoisotopic (exact) mass is 341 g/mol. The normalized spacial score (nSPS) is 12.2. The summed E-state index contributed by atoms with van der Waals surface area (Å²) in [6.45, 7) is 1.23. The molecule has 17 heavy (non-hydrogen) atoms. The van der Waals surface area contributed by atoms with E-state index in [1.165, 1.54) is 15.6 Å². The lowest BCUT2D eigenvalue weighted by atomic mass is 10.4. The topological polar surface area (TPSA) is 75.4 Å². The van der Waals surface area contributed by atoms with E-state index in [9.17, 15) is 8.42 Å².